The van der Waals surface area contributed by atoms with Crippen LogP contribution in [0.2, 0.25) is 0 Å². The zero-order valence-electron chi connectivity index (χ0n) is 17.5. The quantitative estimate of drug-likeness (QED) is 0.666. The first-order valence-electron chi connectivity index (χ1n) is 10.0. The number of aromatic carboxylic acids is 1. The van der Waals surface area contributed by atoms with Crippen molar-refractivity contribution in [3.63, 3.8) is 0 Å². The molecule has 0 saturated heterocycles. The molecule has 0 bridgehead atoms. The Balaban J connectivity index is 1.87. The van der Waals surface area contributed by atoms with Crippen molar-refractivity contribution in [3.8, 4) is 0 Å². The van der Waals surface area contributed by atoms with Crippen molar-refractivity contribution in [1.29, 1.82) is 0 Å². The first-order valence-corrected chi connectivity index (χ1v) is 10.0. The molecule has 1 aliphatic heterocycles. The average Bonchev–Trinajstić information content (AvgIpc) is 2.67. The van der Waals surface area contributed by atoms with E-state index in [0.717, 1.165) is 28.9 Å². The van der Waals surface area contributed by atoms with E-state index < -0.39 is 5.97 Å². The van der Waals surface area contributed by atoms with E-state index in [-0.39, 0.29) is 17.5 Å². The summed E-state index contributed by atoms with van der Waals surface area (Å²) in [6, 6.07) is 13.1. The van der Waals surface area contributed by atoms with E-state index in [1.165, 1.54) is 0 Å². The van der Waals surface area contributed by atoms with Gasteiger partial charge in [0.1, 0.15) is 0 Å². The van der Waals surface area contributed by atoms with Crippen molar-refractivity contribution in [2.24, 2.45) is 5.41 Å². The maximum absolute atomic E-state index is 12.4. The van der Waals surface area contributed by atoms with E-state index in [1.807, 2.05) is 38.1 Å². The van der Waals surface area contributed by atoms with Crippen molar-refractivity contribution in [3.05, 3.63) is 59.2 Å². The number of urea groups is 1. The van der Waals surface area contributed by atoms with Crippen LogP contribution >= 0.6 is 0 Å². The van der Waals surface area contributed by atoms with Crippen LogP contribution in [0.3, 0.4) is 0 Å². The molecule has 3 N–H and O–H groups in total. The van der Waals surface area contributed by atoms with Gasteiger partial charge in [-0.2, -0.15) is 0 Å². The number of carbonyl (C=O) groups is 2. The summed E-state index contributed by atoms with van der Waals surface area (Å²) in [6.45, 7) is 9.58. The molecular formula is C23H29N3O3. The number of amides is 2. The number of nitrogens with one attached hydrogen (secondary N) is 2. The van der Waals surface area contributed by atoms with Crippen LogP contribution in [-0.2, 0) is 6.42 Å². The Labute approximate surface area is 171 Å². The van der Waals surface area contributed by atoms with Gasteiger partial charge < -0.3 is 20.6 Å². The molecular weight excluding hydrogens is 366 g/mol. The summed E-state index contributed by atoms with van der Waals surface area (Å²) < 4.78 is 0. The van der Waals surface area contributed by atoms with Gasteiger partial charge in [-0.1, -0.05) is 26.0 Å². The van der Waals surface area contributed by atoms with Crippen LogP contribution in [0.15, 0.2) is 42.5 Å². The minimum atomic E-state index is -0.913. The number of rotatable bonds is 5. The van der Waals surface area contributed by atoms with Crippen molar-refractivity contribution >= 4 is 23.4 Å². The second-order valence-corrected chi connectivity index (χ2v) is 8.15. The fourth-order valence-corrected chi connectivity index (χ4v) is 4.00. The molecule has 0 saturated carbocycles. The lowest BCUT2D eigenvalue weighted by molar-refractivity contribution is 0.0696. The minimum Gasteiger partial charge on any atom is -0.478 e. The predicted molar refractivity (Wildman–Crippen MR) is 116 cm³/mol. The molecule has 154 valence electrons. The third-order valence-electron chi connectivity index (χ3n) is 5.60. The number of hydrogen-bond donors (Lipinski definition) is 3. The molecule has 0 spiro atoms. The summed E-state index contributed by atoms with van der Waals surface area (Å²) in [4.78, 5) is 25.4. The van der Waals surface area contributed by atoms with E-state index in [0.29, 0.717) is 18.7 Å². The summed E-state index contributed by atoms with van der Waals surface area (Å²) in [5.41, 5.74) is 3.99. The number of anilines is 2. The SMILES string of the molecule is CCN(CC)C(=O)Nc1cccc(C2Nc3ccc(C(=O)O)cc3CC2(C)C)c1. The smallest absolute Gasteiger partial charge is 0.335 e. The standard InChI is InChI=1S/C23H29N3O3/c1-5-26(6-2)22(29)24-18-9-7-8-15(13-18)20-23(3,4)14-17-12-16(21(27)28)10-11-19(17)25-20/h7-13,20,25H,5-6,14H2,1-4H3,(H,24,29)(H,27,28). The predicted octanol–water partition coefficient (Wildman–Crippen LogP) is 4.99. The number of nitrogens with zero attached hydrogens (tertiary/aromatic N) is 1. The molecule has 2 aromatic carbocycles. The molecule has 1 atom stereocenters. The second-order valence-electron chi connectivity index (χ2n) is 8.15. The van der Waals surface area contributed by atoms with Gasteiger partial charge in [0.25, 0.3) is 0 Å². The lowest BCUT2D eigenvalue weighted by Gasteiger charge is -2.41. The third-order valence-corrected chi connectivity index (χ3v) is 5.60. The van der Waals surface area contributed by atoms with Crippen LogP contribution in [0.5, 0.6) is 0 Å². The van der Waals surface area contributed by atoms with Gasteiger partial charge in [0.15, 0.2) is 0 Å². The lowest BCUT2D eigenvalue weighted by atomic mass is 9.72. The molecule has 1 unspecified atom stereocenters. The Morgan fingerprint density at radius 2 is 1.90 bits per heavy atom. The highest BCUT2D eigenvalue weighted by atomic mass is 16.4. The minimum absolute atomic E-state index is 0.0379. The zero-order chi connectivity index (χ0) is 21.2. The van der Waals surface area contributed by atoms with Crippen molar-refractivity contribution in [2.45, 2.75) is 40.2 Å². The summed E-state index contributed by atoms with van der Waals surface area (Å²) in [5.74, 6) is -0.913. The monoisotopic (exact) mass is 395 g/mol. The molecule has 6 nitrogen and oxygen atoms in total. The van der Waals surface area contributed by atoms with E-state index in [4.69, 9.17) is 0 Å². The number of carbonyl (C=O) groups excluding carboxylic acids is 1. The fraction of sp³-hybridized carbons (Fsp3) is 0.391. The molecule has 3 rings (SSSR count). The van der Waals surface area contributed by atoms with Gasteiger partial charge in [0, 0.05) is 24.5 Å². The number of hydrogen-bond acceptors (Lipinski definition) is 3. The van der Waals surface area contributed by atoms with E-state index >= 15 is 0 Å². The Kier molecular flexibility index (Phi) is 5.82. The summed E-state index contributed by atoms with van der Waals surface area (Å²) in [5, 5.41) is 15.8. The van der Waals surface area contributed by atoms with E-state index in [2.05, 4.69) is 30.5 Å². The van der Waals surface area contributed by atoms with Crippen molar-refractivity contribution in [2.75, 3.05) is 23.7 Å². The van der Waals surface area contributed by atoms with Gasteiger partial charge in [-0.15, -0.1) is 0 Å². The average molecular weight is 396 g/mol. The van der Waals surface area contributed by atoms with Crippen LogP contribution < -0.4 is 10.6 Å². The molecule has 2 aromatic rings. The molecule has 1 heterocycles. The van der Waals surface area contributed by atoms with Crippen LogP contribution in [0.4, 0.5) is 16.2 Å². The Bertz CT molecular complexity index is 919. The number of benzene rings is 2. The topological polar surface area (TPSA) is 81.7 Å². The number of carboxylic acid groups (broad SMARTS) is 1. The number of carboxylic acids is 1. The Morgan fingerprint density at radius 3 is 2.55 bits per heavy atom. The molecule has 2 amide bonds. The molecule has 0 aromatic heterocycles. The largest absolute Gasteiger partial charge is 0.478 e. The fourth-order valence-electron chi connectivity index (χ4n) is 4.00. The zero-order valence-corrected chi connectivity index (χ0v) is 17.5. The summed E-state index contributed by atoms with van der Waals surface area (Å²) >= 11 is 0. The highest BCUT2D eigenvalue weighted by Gasteiger charge is 2.36. The first-order chi connectivity index (χ1) is 13.7. The van der Waals surface area contributed by atoms with Crippen LogP contribution in [0.25, 0.3) is 0 Å². The van der Waals surface area contributed by atoms with E-state index in [9.17, 15) is 14.7 Å². The van der Waals surface area contributed by atoms with Gasteiger partial charge in [0.05, 0.1) is 11.6 Å². The molecule has 0 fully saturated rings. The van der Waals surface area contributed by atoms with Gasteiger partial charge in [0.2, 0.25) is 0 Å². The van der Waals surface area contributed by atoms with Crippen molar-refractivity contribution < 1.29 is 14.7 Å². The molecule has 29 heavy (non-hydrogen) atoms. The van der Waals surface area contributed by atoms with Crippen LogP contribution in [-0.4, -0.2) is 35.1 Å². The normalized spacial score (nSPS) is 17.0. The molecule has 1 aliphatic rings. The number of fused-ring (bicyclic) bond motifs is 1. The van der Waals surface area contributed by atoms with Crippen LogP contribution in [0, 0.1) is 5.41 Å². The van der Waals surface area contributed by atoms with Crippen LogP contribution in [0.1, 0.15) is 55.2 Å². The van der Waals surface area contributed by atoms with Gasteiger partial charge >= 0.3 is 12.0 Å². The molecule has 0 radical (unpaired) electrons. The van der Waals surface area contributed by atoms with Gasteiger partial charge in [-0.3, -0.25) is 0 Å². The molecule has 6 heteroatoms. The van der Waals surface area contributed by atoms with Gasteiger partial charge in [-0.25, -0.2) is 9.59 Å². The third kappa shape index (κ3) is 4.36. The van der Waals surface area contributed by atoms with Gasteiger partial charge in [-0.05, 0) is 67.1 Å². The Morgan fingerprint density at radius 1 is 1.17 bits per heavy atom. The summed E-state index contributed by atoms with van der Waals surface area (Å²) in [7, 11) is 0. The summed E-state index contributed by atoms with van der Waals surface area (Å²) in [6.07, 6.45) is 0.761. The maximum atomic E-state index is 12.4. The second kappa shape index (κ2) is 8.15. The van der Waals surface area contributed by atoms with E-state index in [1.54, 1.807) is 17.0 Å². The molecule has 0 aliphatic carbocycles. The lowest BCUT2D eigenvalue weighted by Crippen LogP contribution is -2.35. The highest BCUT2D eigenvalue weighted by Crippen LogP contribution is 2.45. The maximum Gasteiger partial charge on any atom is 0.335 e. The van der Waals surface area contributed by atoms with Crippen molar-refractivity contribution in [1.82, 2.24) is 4.90 Å². The highest BCUT2D eigenvalue weighted by molar-refractivity contribution is 5.89. The first kappa shape index (κ1) is 20.7. The Hall–Kier alpha value is -3.02.